The van der Waals surface area contributed by atoms with E-state index in [9.17, 15) is 9.59 Å². The third-order valence-electron chi connectivity index (χ3n) is 2.81. The Kier molecular flexibility index (Phi) is 4.10. The second-order valence-corrected chi connectivity index (χ2v) is 3.78. The van der Waals surface area contributed by atoms with E-state index in [0.717, 1.165) is 12.8 Å². The number of hydrogen-bond donors (Lipinski definition) is 2. The first-order valence-electron chi connectivity index (χ1n) is 5.10. The number of carbonyl (C=O) groups is 2. The minimum atomic E-state index is -0.410. The molecule has 0 spiro atoms. The first-order valence-corrected chi connectivity index (χ1v) is 5.10. The average molecular weight is 209 g/mol. The molecule has 1 fully saturated rings. The molecule has 0 heterocycles. The molecule has 0 bridgehead atoms. The summed E-state index contributed by atoms with van der Waals surface area (Å²) in [5.74, 6) is -1.34. The largest absolute Gasteiger partial charge is 0.369 e. The molecule has 1 aliphatic rings. The van der Waals surface area contributed by atoms with Crippen LogP contribution in [0, 0.1) is 23.2 Å². The lowest BCUT2D eigenvalue weighted by molar-refractivity contribution is -0.134. The fraction of sp³-hybridized carbons (Fsp3) is 0.700. The lowest BCUT2D eigenvalue weighted by Gasteiger charge is -2.27. The zero-order valence-electron chi connectivity index (χ0n) is 8.53. The molecule has 15 heavy (non-hydrogen) atoms. The van der Waals surface area contributed by atoms with Crippen LogP contribution in [0.4, 0.5) is 0 Å². The Morgan fingerprint density at radius 1 is 1.33 bits per heavy atom. The molecule has 2 atom stereocenters. The summed E-state index contributed by atoms with van der Waals surface area (Å²) in [4.78, 5) is 22.7. The van der Waals surface area contributed by atoms with Gasteiger partial charge in [0, 0.05) is 11.8 Å². The maximum Gasteiger partial charge on any atom is 0.224 e. The average Bonchev–Trinajstić information content (AvgIpc) is 2.25. The van der Waals surface area contributed by atoms with Crippen LogP contribution in [0.2, 0.25) is 0 Å². The molecule has 3 N–H and O–H groups in total. The summed E-state index contributed by atoms with van der Waals surface area (Å²) in [5, 5.41) is 10.8. The van der Waals surface area contributed by atoms with Gasteiger partial charge in [-0.15, -0.1) is 0 Å². The Morgan fingerprint density at radius 3 is 2.47 bits per heavy atom. The van der Waals surface area contributed by atoms with Crippen molar-refractivity contribution < 1.29 is 9.59 Å². The van der Waals surface area contributed by atoms with Crippen LogP contribution in [0.3, 0.4) is 0 Å². The molecule has 0 saturated heterocycles. The Morgan fingerprint density at radius 2 is 1.93 bits per heavy atom. The van der Waals surface area contributed by atoms with Gasteiger partial charge in [-0.2, -0.15) is 5.26 Å². The number of nitriles is 1. The Labute approximate surface area is 88.6 Å². The first-order chi connectivity index (χ1) is 7.16. The van der Waals surface area contributed by atoms with Gasteiger partial charge in [0.05, 0.1) is 6.07 Å². The van der Waals surface area contributed by atoms with E-state index in [1.54, 1.807) is 0 Å². The molecular formula is C10H15N3O2. The van der Waals surface area contributed by atoms with E-state index in [-0.39, 0.29) is 24.3 Å². The van der Waals surface area contributed by atoms with Crippen LogP contribution in [0.5, 0.6) is 0 Å². The standard InChI is InChI=1S/C10H15N3O2/c11-5-6-13-10(15)8-4-2-1-3-7(8)9(12)14/h7-8H,1-4,6H2,(H2,12,14)(H,13,15). The van der Waals surface area contributed by atoms with E-state index >= 15 is 0 Å². The van der Waals surface area contributed by atoms with Gasteiger partial charge in [0.25, 0.3) is 0 Å². The molecule has 0 aromatic rings. The van der Waals surface area contributed by atoms with Crippen LogP contribution >= 0.6 is 0 Å². The van der Waals surface area contributed by atoms with Crippen molar-refractivity contribution in [1.29, 1.82) is 5.26 Å². The summed E-state index contributed by atoms with van der Waals surface area (Å²) >= 11 is 0. The van der Waals surface area contributed by atoms with Gasteiger partial charge < -0.3 is 11.1 Å². The predicted molar refractivity (Wildman–Crippen MR) is 53.3 cm³/mol. The topological polar surface area (TPSA) is 96.0 Å². The van der Waals surface area contributed by atoms with Gasteiger partial charge in [-0.3, -0.25) is 9.59 Å². The van der Waals surface area contributed by atoms with Crippen LogP contribution in [-0.4, -0.2) is 18.4 Å². The van der Waals surface area contributed by atoms with Crippen LogP contribution < -0.4 is 11.1 Å². The van der Waals surface area contributed by atoms with E-state index in [1.165, 1.54) is 0 Å². The van der Waals surface area contributed by atoms with E-state index < -0.39 is 5.91 Å². The molecule has 1 aliphatic carbocycles. The number of nitrogens with two attached hydrogens (primary N) is 1. The van der Waals surface area contributed by atoms with E-state index in [4.69, 9.17) is 11.0 Å². The smallest absolute Gasteiger partial charge is 0.224 e. The van der Waals surface area contributed by atoms with E-state index in [0.29, 0.717) is 12.8 Å². The molecule has 0 aliphatic heterocycles. The molecule has 0 aromatic heterocycles. The minimum Gasteiger partial charge on any atom is -0.369 e. The highest BCUT2D eigenvalue weighted by molar-refractivity contribution is 5.87. The quantitative estimate of drug-likeness (QED) is 0.636. The summed E-state index contributed by atoms with van der Waals surface area (Å²) in [5.41, 5.74) is 5.24. The van der Waals surface area contributed by atoms with Crippen molar-refractivity contribution >= 4 is 11.8 Å². The van der Waals surface area contributed by atoms with Crippen molar-refractivity contribution in [1.82, 2.24) is 5.32 Å². The van der Waals surface area contributed by atoms with Crippen LogP contribution in [0.15, 0.2) is 0 Å². The molecule has 1 saturated carbocycles. The minimum absolute atomic E-state index is 0.0131. The van der Waals surface area contributed by atoms with Crippen molar-refractivity contribution in [2.45, 2.75) is 25.7 Å². The van der Waals surface area contributed by atoms with Gasteiger partial charge in [-0.05, 0) is 12.8 Å². The highest BCUT2D eigenvalue weighted by Crippen LogP contribution is 2.29. The Bertz CT molecular complexity index is 296. The summed E-state index contributed by atoms with van der Waals surface area (Å²) in [7, 11) is 0. The van der Waals surface area contributed by atoms with E-state index in [2.05, 4.69) is 5.32 Å². The number of hydrogen-bond acceptors (Lipinski definition) is 3. The van der Waals surface area contributed by atoms with Crippen molar-refractivity contribution in [2.24, 2.45) is 17.6 Å². The summed E-state index contributed by atoms with van der Waals surface area (Å²) in [6.07, 6.45) is 3.24. The molecule has 0 radical (unpaired) electrons. The summed E-state index contributed by atoms with van der Waals surface area (Å²) in [6, 6.07) is 1.83. The lowest BCUT2D eigenvalue weighted by atomic mass is 9.78. The molecule has 82 valence electrons. The zero-order valence-corrected chi connectivity index (χ0v) is 8.53. The first kappa shape index (κ1) is 11.5. The Hall–Kier alpha value is -1.57. The van der Waals surface area contributed by atoms with Gasteiger partial charge in [0.15, 0.2) is 0 Å². The SMILES string of the molecule is N#CCNC(=O)C1CCCCC1C(N)=O. The molecule has 5 nitrogen and oxygen atoms in total. The number of amides is 2. The molecule has 1 rings (SSSR count). The highest BCUT2D eigenvalue weighted by Gasteiger charge is 2.34. The fourth-order valence-electron chi connectivity index (χ4n) is 2.04. The van der Waals surface area contributed by atoms with Crippen molar-refractivity contribution in [3.63, 3.8) is 0 Å². The maximum atomic E-state index is 11.6. The Balaban J connectivity index is 2.60. The van der Waals surface area contributed by atoms with Gasteiger partial charge in [0.2, 0.25) is 11.8 Å². The molecule has 2 amide bonds. The van der Waals surface area contributed by atoms with Gasteiger partial charge in [-0.1, -0.05) is 12.8 Å². The van der Waals surface area contributed by atoms with Gasteiger partial charge >= 0.3 is 0 Å². The number of nitrogens with zero attached hydrogens (tertiary/aromatic N) is 1. The second-order valence-electron chi connectivity index (χ2n) is 3.78. The molecule has 2 unspecified atom stereocenters. The van der Waals surface area contributed by atoms with Gasteiger partial charge in [-0.25, -0.2) is 0 Å². The summed E-state index contributed by atoms with van der Waals surface area (Å²) < 4.78 is 0. The molecular weight excluding hydrogens is 194 g/mol. The highest BCUT2D eigenvalue weighted by atomic mass is 16.2. The molecule has 5 heteroatoms. The zero-order chi connectivity index (χ0) is 11.3. The maximum absolute atomic E-state index is 11.6. The van der Waals surface area contributed by atoms with Crippen LogP contribution in [-0.2, 0) is 9.59 Å². The van der Waals surface area contributed by atoms with Crippen molar-refractivity contribution in [2.75, 3.05) is 6.54 Å². The third kappa shape index (κ3) is 2.94. The van der Waals surface area contributed by atoms with Crippen molar-refractivity contribution in [3.05, 3.63) is 0 Å². The normalized spacial score (nSPS) is 25.3. The monoisotopic (exact) mass is 209 g/mol. The fourth-order valence-corrected chi connectivity index (χ4v) is 2.04. The van der Waals surface area contributed by atoms with E-state index in [1.807, 2.05) is 6.07 Å². The summed E-state index contributed by atoms with van der Waals surface area (Å²) in [6.45, 7) is -0.0131. The predicted octanol–water partition coefficient (Wildman–Crippen LogP) is -0.0821. The lowest BCUT2D eigenvalue weighted by Crippen LogP contribution is -2.42. The van der Waals surface area contributed by atoms with Crippen molar-refractivity contribution in [3.8, 4) is 6.07 Å². The number of rotatable bonds is 3. The number of carbonyl (C=O) groups excluding carboxylic acids is 2. The van der Waals surface area contributed by atoms with Crippen LogP contribution in [0.25, 0.3) is 0 Å². The van der Waals surface area contributed by atoms with Gasteiger partial charge in [0.1, 0.15) is 6.54 Å². The molecule has 0 aromatic carbocycles. The second kappa shape index (κ2) is 5.35. The number of primary amides is 1. The third-order valence-corrected chi connectivity index (χ3v) is 2.81. The van der Waals surface area contributed by atoms with Crippen LogP contribution in [0.1, 0.15) is 25.7 Å². The number of nitrogens with one attached hydrogen (secondary N) is 1.